The Morgan fingerprint density at radius 1 is 1.18 bits per heavy atom. The maximum Gasteiger partial charge on any atom is 0.220 e. The lowest BCUT2D eigenvalue weighted by atomic mass is 10.2. The predicted molar refractivity (Wildman–Crippen MR) is 65.1 cm³/mol. The molecule has 0 aliphatic heterocycles. The summed E-state index contributed by atoms with van der Waals surface area (Å²) in [6, 6.07) is 14.6. The van der Waals surface area contributed by atoms with Crippen LogP contribution in [0, 0.1) is 11.3 Å². The highest BCUT2D eigenvalue weighted by atomic mass is 35.5. The van der Waals surface area contributed by atoms with Crippen molar-refractivity contribution in [3.05, 3.63) is 53.2 Å². The van der Waals surface area contributed by atoms with Gasteiger partial charge < -0.3 is 4.74 Å². The molecule has 1 aromatic carbocycles. The van der Waals surface area contributed by atoms with Gasteiger partial charge in [0.25, 0.3) is 0 Å². The van der Waals surface area contributed by atoms with E-state index in [9.17, 15) is 0 Å². The molecule has 0 radical (unpaired) electrons. The van der Waals surface area contributed by atoms with Gasteiger partial charge in [0, 0.05) is 6.07 Å². The molecule has 0 unspecified atom stereocenters. The smallest absolute Gasteiger partial charge is 0.220 e. The topological polar surface area (TPSA) is 45.9 Å². The van der Waals surface area contributed by atoms with Crippen molar-refractivity contribution >= 4 is 11.6 Å². The molecular formula is C13H9ClN2O. The van der Waals surface area contributed by atoms with Crippen molar-refractivity contribution in [2.45, 2.75) is 6.42 Å². The maximum absolute atomic E-state index is 8.55. The van der Waals surface area contributed by atoms with Gasteiger partial charge in [-0.1, -0.05) is 29.8 Å². The number of benzene rings is 1. The number of hydrogen-bond acceptors (Lipinski definition) is 3. The Hall–Kier alpha value is -2.05. The fourth-order valence-electron chi connectivity index (χ4n) is 1.33. The lowest BCUT2D eigenvalue weighted by Crippen LogP contribution is -1.88. The summed E-state index contributed by atoms with van der Waals surface area (Å²) < 4.78 is 5.51. The zero-order valence-electron chi connectivity index (χ0n) is 8.93. The SMILES string of the molecule is N#CCc1ccc(Oc2cccc(Cl)n2)cc1. The molecule has 0 atom stereocenters. The van der Waals surface area contributed by atoms with Crippen molar-refractivity contribution in [2.24, 2.45) is 0 Å². The summed E-state index contributed by atoms with van der Waals surface area (Å²) >= 11 is 5.75. The lowest BCUT2D eigenvalue weighted by Gasteiger charge is -2.04. The standard InChI is InChI=1S/C13H9ClN2O/c14-12-2-1-3-13(16-12)17-11-6-4-10(5-7-11)8-9-15/h1-7H,8H2. The maximum atomic E-state index is 8.55. The summed E-state index contributed by atoms with van der Waals surface area (Å²) in [5.41, 5.74) is 0.957. The molecule has 0 bridgehead atoms. The van der Waals surface area contributed by atoms with Gasteiger partial charge in [-0.25, -0.2) is 4.98 Å². The van der Waals surface area contributed by atoms with Crippen molar-refractivity contribution < 1.29 is 4.74 Å². The minimum Gasteiger partial charge on any atom is -0.439 e. The van der Waals surface area contributed by atoms with Crippen LogP contribution in [0.4, 0.5) is 0 Å². The highest BCUT2D eigenvalue weighted by molar-refractivity contribution is 6.29. The first-order valence-corrected chi connectivity index (χ1v) is 5.42. The minimum absolute atomic E-state index is 0.392. The summed E-state index contributed by atoms with van der Waals surface area (Å²) in [7, 11) is 0. The third-order valence-electron chi connectivity index (χ3n) is 2.12. The van der Waals surface area contributed by atoms with E-state index < -0.39 is 0 Å². The zero-order valence-corrected chi connectivity index (χ0v) is 9.69. The number of aromatic nitrogens is 1. The quantitative estimate of drug-likeness (QED) is 0.775. The molecule has 1 aromatic heterocycles. The van der Waals surface area contributed by atoms with Crippen LogP contribution in [0.5, 0.6) is 11.6 Å². The second-order valence-corrected chi connectivity index (χ2v) is 3.77. The third-order valence-corrected chi connectivity index (χ3v) is 2.33. The third kappa shape index (κ3) is 3.20. The number of ether oxygens (including phenoxy) is 1. The van der Waals surface area contributed by atoms with E-state index in [1.54, 1.807) is 30.3 Å². The highest BCUT2D eigenvalue weighted by Crippen LogP contribution is 2.21. The van der Waals surface area contributed by atoms with E-state index in [0.717, 1.165) is 5.56 Å². The fraction of sp³-hybridized carbons (Fsp3) is 0.0769. The summed E-state index contributed by atoms with van der Waals surface area (Å²) in [5.74, 6) is 1.12. The minimum atomic E-state index is 0.392. The van der Waals surface area contributed by atoms with Gasteiger partial charge >= 0.3 is 0 Å². The number of hydrogen-bond donors (Lipinski definition) is 0. The Kier molecular flexibility index (Phi) is 3.59. The van der Waals surface area contributed by atoms with Gasteiger partial charge in [0.15, 0.2) is 0 Å². The highest BCUT2D eigenvalue weighted by Gasteiger charge is 1.99. The largest absolute Gasteiger partial charge is 0.439 e. The average molecular weight is 245 g/mol. The van der Waals surface area contributed by atoms with Crippen molar-refractivity contribution in [2.75, 3.05) is 0 Å². The van der Waals surface area contributed by atoms with Gasteiger partial charge in [-0.2, -0.15) is 5.26 Å². The Labute approximate surface area is 104 Å². The molecule has 0 saturated heterocycles. The molecular weight excluding hydrogens is 236 g/mol. The first-order chi connectivity index (χ1) is 8.28. The van der Waals surface area contributed by atoms with Crippen LogP contribution < -0.4 is 4.74 Å². The predicted octanol–water partition coefficient (Wildman–Crippen LogP) is 3.59. The Morgan fingerprint density at radius 2 is 1.94 bits per heavy atom. The van der Waals surface area contributed by atoms with Gasteiger partial charge in [0.05, 0.1) is 12.5 Å². The van der Waals surface area contributed by atoms with E-state index >= 15 is 0 Å². The summed E-state index contributed by atoms with van der Waals surface area (Å²) in [5, 5.41) is 8.94. The molecule has 0 aliphatic carbocycles. The van der Waals surface area contributed by atoms with Crippen LogP contribution in [-0.4, -0.2) is 4.98 Å². The van der Waals surface area contributed by atoms with Crippen LogP contribution in [0.25, 0.3) is 0 Å². The van der Waals surface area contributed by atoms with Gasteiger partial charge in [0.1, 0.15) is 10.9 Å². The molecule has 0 N–H and O–H groups in total. The summed E-state index contributed by atoms with van der Waals surface area (Å²) in [4.78, 5) is 4.02. The molecule has 0 saturated carbocycles. The van der Waals surface area contributed by atoms with Crippen molar-refractivity contribution in [1.82, 2.24) is 4.98 Å². The molecule has 84 valence electrons. The molecule has 2 rings (SSSR count). The second kappa shape index (κ2) is 5.33. The number of halogens is 1. The van der Waals surface area contributed by atoms with Crippen LogP contribution >= 0.6 is 11.6 Å². The fourth-order valence-corrected chi connectivity index (χ4v) is 1.49. The summed E-state index contributed by atoms with van der Waals surface area (Å²) in [6.45, 7) is 0. The number of nitrogens with zero attached hydrogens (tertiary/aromatic N) is 2. The Balaban J connectivity index is 2.11. The molecule has 0 spiro atoms. The van der Waals surface area contributed by atoms with Crippen molar-refractivity contribution in [3.63, 3.8) is 0 Å². The lowest BCUT2D eigenvalue weighted by molar-refractivity contribution is 0.463. The molecule has 2 aromatic rings. The molecule has 0 amide bonds. The van der Waals surface area contributed by atoms with E-state index in [2.05, 4.69) is 11.1 Å². The summed E-state index contributed by atoms with van der Waals surface area (Å²) in [6.07, 6.45) is 0.399. The van der Waals surface area contributed by atoms with Gasteiger partial charge in [-0.15, -0.1) is 0 Å². The van der Waals surface area contributed by atoms with Gasteiger partial charge in [-0.3, -0.25) is 0 Å². The average Bonchev–Trinajstić information content (AvgIpc) is 2.32. The van der Waals surface area contributed by atoms with Crippen LogP contribution in [0.1, 0.15) is 5.56 Å². The molecule has 3 nitrogen and oxygen atoms in total. The van der Waals surface area contributed by atoms with Crippen LogP contribution in [0.2, 0.25) is 5.15 Å². The van der Waals surface area contributed by atoms with Crippen LogP contribution in [0.15, 0.2) is 42.5 Å². The number of pyridine rings is 1. The molecule has 0 aliphatic rings. The van der Waals surface area contributed by atoms with E-state index in [0.29, 0.717) is 23.2 Å². The van der Waals surface area contributed by atoms with E-state index in [1.807, 2.05) is 12.1 Å². The normalized spacial score (nSPS) is 9.65. The molecule has 1 heterocycles. The van der Waals surface area contributed by atoms with E-state index in [1.165, 1.54) is 0 Å². The Morgan fingerprint density at radius 3 is 2.59 bits per heavy atom. The monoisotopic (exact) mass is 244 g/mol. The molecule has 4 heteroatoms. The van der Waals surface area contributed by atoms with Crippen molar-refractivity contribution in [1.29, 1.82) is 5.26 Å². The molecule has 0 fully saturated rings. The van der Waals surface area contributed by atoms with Crippen molar-refractivity contribution in [3.8, 4) is 17.7 Å². The van der Waals surface area contributed by atoms with Crippen LogP contribution in [-0.2, 0) is 6.42 Å². The first-order valence-electron chi connectivity index (χ1n) is 5.04. The molecule has 17 heavy (non-hydrogen) atoms. The zero-order chi connectivity index (χ0) is 12.1. The van der Waals surface area contributed by atoms with E-state index in [-0.39, 0.29) is 0 Å². The van der Waals surface area contributed by atoms with Gasteiger partial charge in [0.2, 0.25) is 5.88 Å². The number of rotatable bonds is 3. The first kappa shape index (κ1) is 11.4. The van der Waals surface area contributed by atoms with E-state index in [4.69, 9.17) is 21.6 Å². The number of nitriles is 1. The van der Waals surface area contributed by atoms with Gasteiger partial charge in [-0.05, 0) is 23.8 Å². The second-order valence-electron chi connectivity index (χ2n) is 3.38. The van der Waals surface area contributed by atoms with Crippen LogP contribution in [0.3, 0.4) is 0 Å². The Bertz CT molecular complexity index is 546.